The second-order valence-corrected chi connectivity index (χ2v) is 6.20. The van der Waals surface area contributed by atoms with Crippen LogP contribution in [0.2, 0.25) is 5.02 Å². The van der Waals surface area contributed by atoms with Crippen LogP contribution in [0, 0.1) is 6.92 Å². The SMILES string of the molecule is Cc1cc(Cl)c(OC2CC2)c(C2(CC(=O)O)CC2)c1. The highest BCUT2D eigenvalue weighted by molar-refractivity contribution is 6.32. The molecule has 19 heavy (non-hydrogen) atoms. The quantitative estimate of drug-likeness (QED) is 0.895. The second-order valence-electron chi connectivity index (χ2n) is 5.79. The lowest BCUT2D eigenvalue weighted by atomic mass is 9.90. The summed E-state index contributed by atoms with van der Waals surface area (Å²) in [6, 6.07) is 3.93. The van der Waals surface area contributed by atoms with E-state index in [0.29, 0.717) is 10.8 Å². The molecule has 2 fully saturated rings. The Kier molecular flexibility index (Phi) is 2.97. The maximum absolute atomic E-state index is 11.1. The fraction of sp³-hybridized carbons (Fsp3) is 0.533. The Hall–Kier alpha value is -1.22. The van der Waals surface area contributed by atoms with Crippen LogP contribution in [0.25, 0.3) is 0 Å². The lowest BCUT2D eigenvalue weighted by molar-refractivity contribution is -0.137. The molecule has 2 aliphatic rings. The third-order valence-electron chi connectivity index (χ3n) is 3.91. The number of hydrogen-bond donors (Lipinski definition) is 1. The summed E-state index contributed by atoms with van der Waals surface area (Å²) in [5.74, 6) is -0.0407. The molecule has 1 aromatic carbocycles. The van der Waals surface area contributed by atoms with Gasteiger partial charge in [-0.2, -0.15) is 0 Å². The van der Waals surface area contributed by atoms with Crippen molar-refractivity contribution in [2.45, 2.75) is 50.5 Å². The third kappa shape index (κ3) is 2.57. The minimum atomic E-state index is -0.757. The molecule has 0 saturated heterocycles. The Morgan fingerprint density at radius 3 is 2.68 bits per heavy atom. The van der Waals surface area contributed by atoms with Gasteiger partial charge in [0, 0.05) is 11.0 Å². The average molecular weight is 281 g/mol. The molecule has 0 atom stereocenters. The monoisotopic (exact) mass is 280 g/mol. The minimum Gasteiger partial charge on any atom is -0.489 e. The zero-order chi connectivity index (χ0) is 13.6. The number of halogens is 1. The summed E-state index contributed by atoms with van der Waals surface area (Å²) < 4.78 is 5.93. The first kappa shape index (κ1) is 12.8. The molecule has 102 valence electrons. The normalized spacial score (nSPS) is 20.1. The van der Waals surface area contributed by atoms with Gasteiger partial charge in [-0.1, -0.05) is 17.7 Å². The summed E-state index contributed by atoms with van der Waals surface area (Å²) in [6.45, 7) is 1.98. The van der Waals surface area contributed by atoms with E-state index >= 15 is 0 Å². The molecule has 1 aromatic rings. The molecule has 4 heteroatoms. The van der Waals surface area contributed by atoms with Gasteiger partial charge < -0.3 is 9.84 Å². The van der Waals surface area contributed by atoms with E-state index in [1.54, 1.807) is 0 Å². The maximum atomic E-state index is 11.1. The van der Waals surface area contributed by atoms with Crippen molar-refractivity contribution in [3.8, 4) is 5.75 Å². The second kappa shape index (κ2) is 4.41. The van der Waals surface area contributed by atoms with Gasteiger partial charge in [0.15, 0.2) is 0 Å². The fourth-order valence-electron chi connectivity index (χ4n) is 2.58. The third-order valence-corrected chi connectivity index (χ3v) is 4.19. The van der Waals surface area contributed by atoms with Crippen LogP contribution in [0.15, 0.2) is 12.1 Å². The van der Waals surface area contributed by atoms with Crippen molar-refractivity contribution in [3.05, 3.63) is 28.3 Å². The predicted octanol–water partition coefficient (Wildman–Crippen LogP) is 3.70. The zero-order valence-electron chi connectivity index (χ0n) is 10.9. The molecule has 1 N–H and O–H groups in total. The van der Waals surface area contributed by atoms with Crippen LogP contribution in [0.4, 0.5) is 0 Å². The predicted molar refractivity (Wildman–Crippen MR) is 73.0 cm³/mol. The number of ether oxygens (including phenoxy) is 1. The number of carboxylic acids is 1. The molecule has 0 spiro atoms. The molecule has 3 rings (SSSR count). The van der Waals surface area contributed by atoms with E-state index in [4.69, 9.17) is 21.4 Å². The van der Waals surface area contributed by atoms with Gasteiger partial charge in [0.1, 0.15) is 5.75 Å². The van der Waals surface area contributed by atoms with Gasteiger partial charge in [0.05, 0.1) is 17.5 Å². The molecule has 0 bridgehead atoms. The summed E-state index contributed by atoms with van der Waals surface area (Å²) in [7, 11) is 0. The highest BCUT2D eigenvalue weighted by Gasteiger charge is 2.48. The van der Waals surface area contributed by atoms with E-state index in [1.807, 2.05) is 19.1 Å². The summed E-state index contributed by atoms with van der Waals surface area (Å²) in [5, 5.41) is 9.71. The number of carboxylic acid groups (broad SMARTS) is 1. The van der Waals surface area contributed by atoms with Crippen molar-refractivity contribution in [2.24, 2.45) is 0 Å². The fourth-order valence-corrected chi connectivity index (χ4v) is 2.90. The molecular weight excluding hydrogens is 264 g/mol. The molecule has 0 heterocycles. The summed E-state index contributed by atoms with van der Waals surface area (Å²) in [6.07, 6.45) is 4.36. The van der Waals surface area contributed by atoms with Crippen molar-refractivity contribution in [3.63, 3.8) is 0 Å². The van der Waals surface area contributed by atoms with Crippen molar-refractivity contribution in [1.29, 1.82) is 0 Å². The molecule has 0 amide bonds. The zero-order valence-corrected chi connectivity index (χ0v) is 11.7. The van der Waals surface area contributed by atoms with Gasteiger partial charge in [0.2, 0.25) is 0 Å². The number of hydrogen-bond acceptors (Lipinski definition) is 2. The number of carbonyl (C=O) groups is 1. The van der Waals surface area contributed by atoms with E-state index in [2.05, 4.69) is 0 Å². The first-order chi connectivity index (χ1) is 9.00. The molecule has 0 radical (unpaired) electrons. The van der Waals surface area contributed by atoms with E-state index in [-0.39, 0.29) is 17.9 Å². The lowest BCUT2D eigenvalue weighted by Crippen LogP contribution is -2.15. The number of benzene rings is 1. The van der Waals surface area contributed by atoms with E-state index in [0.717, 1.165) is 36.8 Å². The topological polar surface area (TPSA) is 46.5 Å². The van der Waals surface area contributed by atoms with Crippen LogP contribution in [-0.4, -0.2) is 17.2 Å². The van der Waals surface area contributed by atoms with Crippen molar-refractivity contribution >= 4 is 17.6 Å². The van der Waals surface area contributed by atoms with Gasteiger partial charge in [-0.05, 0) is 44.2 Å². The number of rotatable bonds is 5. The van der Waals surface area contributed by atoms with Crippen molar-refractivity contribution < 1.29 is 14.6 Å². The molecule has 0 aromatic heterocycles. The lowest BCUT2D eigenvalue weighted by Gasteiger charge is -2.20. The van der Waals surface area contributed by atoms with Gasteiger partial charge in [-0.25, -0.2) is 0 Å². The maximum Gasteiger partial charge on any atom is 0.304 e. The molecule has 2 aliphatic carbocycles. The van der Waals surface area contributed by atoms with Crippen LogP contribution in [-0.2, 0) is 10.2 Å². The van der Waals surface area contributed by atoms with Crippen molar-refractivity contribution in [2.75, 3.05) is 0 Å². The Labute approximate surface area is 117 Å². The van der Waals surface area contributed by atoms with Gasteiger partial charge in [-0.15, -0.1) is 0 Å². The van der Waals surface area contributed by atoms with E-state index in [1.165, 1.54) is 0 Å². The summed E-state index contributed by atoms with van der Waals surface area (Å²) >= 11 is 6.30. The van der Waals surface area contributed by atoms with Crippen LogP contribution >= 0.6 is 11.6 Å². The summed E-state index contributed by atoms with van der Waals surface area (Å²) in [4.78, 5) is 11.1. The minimum absolute atomic E-state index is 0.161. The standard InChI is InChI=1S/C15H17ClO3/c1-9-6-11(15(4-5-15)8-13(17)18)14(12(16)7-9)19-10-2-3-10/h6-7,10H,2-5,8H2,1H3,(H,17,18). The smallest absolute Gasteiger partial charge is 0.304 e. The molecule has 2 saturated carbocycles. The van der Waals surface area contributed by atoms with Gasteiger partial charge >= 0.3 is 5.97 Å². The Balaban J connectivity index is 2.00. The Morgan fingerprint density at radius 1 is 1.47 bits per heavy atom. The molecule has 3 nitrogen and oxygen atoms in total. The molecular formula is C15H17ClO3. The number of aryl methyl sites for hydroxylation is 1. The van der Waals surface area contributed by atoms with E-state index in [9.17, 15) is 4.79 Å². The van der Waals surface area contributed by atoms with Gasteiger partial charge in [-0.3, -0.25) is 4.79 Å². The highest BCUT2D eigenvalue weighted by atomic mass is 35.5. The largest absolute Gasteiger partial charge is 0.489 e. The van der Waals surface area contributed by atoms with Crippen LogP contribution in [0.3, 0.4) is 0 Å². The van der Waals surface area contributed by atoms with Crippen molar-refractivity contribution in [1.82, 2.24) is 0 Å². The number of aliphatic carboxylic acids is 1. The first-order valence-corrected chi connectivity index (χ1v) is 7.07. The van der Waals surface area contributed by atoms with Crippen LogP contribution in [0.1, 0.15) is 43.2 Å². The summed E-state index contributed by atoms with van der Waals surface area (Å²) in [5.41, 5.74) is 1.79. The highest BCUT2D eigenvalue weighted by Crippen LogP contribution is 2.55. The van der Waals surface area contributed by atoms with Crippen LogP contribution in [0.5, 0.6) is 5.75 Å². The van der Waals surface area contributed by atoms with E-state index < -0.39 is 5.97 Å². The molecule has 0 aliphatic heterocycles. The molecule has 0 unspecified atom stereocenters. The van der Waals surface area contributed by atoms with Gasteiger partial charge in [0.25, 0.3) is 0 Å². The Bertz CT molecular complexity index is 530. The average Bonchev–Trinajstić information content (AvgIpc) is 3.17. The first-order valence-electron chi connectivity index (χ1n) is 6.69. The van der Waals surface area contributed by atoms with Crippen LogP contribution < -0.4 is 4.74 Å². The Morgan fingerprint density at radius 2 is 2.16 bits per heavy atom.